The number of benzene rings is 1. The highest BCUT2D eigenvalue weighted by Crippen LogP contribution is 2.17. The highest BCUT2D eigenvalue weighted by Gasteiger charge is 2.11. The molecule has 100 valence electrons. The van der Waals surface area contributed by atoms with Crippen molar-refractivity contribution < 1.29 is 9.53 Å². The first-order valence-electron chi connectivity index (χ1n) is 6.66. The van der Waals surface area contributed by atoms with Crippen LogP contribution in [0.25, 0.3) is 0 Å². The molecule has 0 N–H and O–H groups in total. The number of ketones is 1. The Morgan fingerprint density at radius 1 is 1.17 bits per heavy atom. The standard InChI is InChI=1S/C16H24O2/c1-12(2)9-13(3)10-15(17)11-14-5-7-16(18-4)8-6-14/h5-8,12-13H,9-11H2,1-4H3. The molecular formula is C16H24O2. The second kappa shape index (κ2) is 7.20. The van der Waals surface area contributed by atoms with Crippen molar-refractivity contribution in [2.45, 2.75) is 40.0 Å². The zero-order valence-corrected chi connectivity index (χ0v) is 11.9. The SMILES string of the molecule is COc1ccc(CC(=O)CC(C)CC(C)C)cc1. The maximum atomic E-state index is 11.9. The molecule has 0 bridgehead atoms. The Hall–Kier alpha value is -1.31. The predicted molar refractivity (Wildman–Crippen MR) is 74.9 cm³/mol. The van der Waals surface area contributed by atoms with Crippen molar-refractivity contribution in [3.8, 4) is 5.75 Å². The van der Waals surface area contributed by atoms with Gasteiger partial charge in [-0.15, -0.1) is 0 Å². The molecule has 2 nitrogen and oxygen atoms in total. The van der Waals surface area contributed by atoms with Crippen LogP contribution in [0.4, 0.5) is 0 Å². The van der Waals surface area contributed by atoms with Gasteiger partial charge >= 0.3 is 0 Å². The van der Waals surface area contributed by atoms with Crippen LogP contribution in [-0.4, -0.2) is 12.9 Å². The van der Waals surface area contributed by atoms with Gasteiger partial charge in [-0.2, -0.15) is 0 Å². The van der Waals surface area contributed by atoms with Crippen molar-refractivity contribution in [3.05, 3.63) is 29.8 Å². The molecule has 1 aromatic rings. The third-order valence-electron chi connectivity index (χ3n) is 3.01. The third kappa shape index (κ3) is 5.35. The summed E-state index contributed by atoms with van der Waals surface area (Å²) in [5.41, 5.74) is 1.07. The molecule has 18 heavy (non-hydrogen) atoms. The molecule has 1 rings (SSSR count). The molecule has 1 aromatic carbocycles. The van der Waals surface area contributed by atoms with Gasteiger partial charge in [0.25, 0.3) is 0 Å². The summed E-state index contributed by atoms with van der Waals surface area (Å²) in [7, 11) is 1.65. The Labute approximate surface area is 110 Å². The van der Waals surface area contributed by atoms with Gasteiger partial charge in [-0.1, -0.05) is 32.9 Å². The lowest BCUT2D eigenvalue weighted by atomic mass is 9.92. The largest absolute Gasteiger partial charge is 0.497 e. The minimum atomic E-state index is 0.327. The second-order valence-electron chi connectivity index (χ2n) is 5.50. The molecule has 0 spiro atoms. The highest BCUT2D eigenvalue weighted by atomic mass is 16.5. The van der Waals surface area contributed by atoms with Crippen LogP contribution in [0, 0.1) is 11.8 Å². The molecule has 2 heteroatoms. The van der Waals surface area contributed by atoms with Gasteiger partial charge in [-0.3, -0.25) is 4.79 Å². The summed E-state index contributed by atoms with van der Waals surface area (Å²) in [6, 6.07) is 7.73. The van der Waals surface area contributed by atoms with Gasteiger partial charge in [-0.05, 0) is 36.0 Å². The van der Waals surface area contributed by atoms with Crippen molar-refractivity contribution in [1.82, 2.24) is 0 Å². The number of Topliss-reactive ketones (excluding diaryl/α,β-unsaturated/α-hetero) is 1. The lowest BCUT2D eigenvalue weighted by molar-refractivity contribution is -0.119. The molecule has 0 saturated heterocycles. The van der Waals surface area contributed by atoms with Gasteiger partial charge in [0.1, 0.15) is 11.5 Å². The number of carbonyl (C=O) groups excluding carboxylic acids is 1. The van der Waals surface area contributed by atoms with Crippen LogP contribution in [0.15, 0.2) is 24.3 Å². The van der Waals surface area contributed by atoms with Crippen molar-refractivity contribution in [1.29, 1.82) is 0 Å². The Balaban J connectivity index is 2.43. The summed E-state index contributed by atoms with van der Waals surface area (Å²) in [6.07, 6.45) is 2.34. The van der Waals surface area contributed by atoms with E-state index in [1.165, 1.54) is 0 Å². The van der Waals surface area contributed by atoms with Crippen LogP contribution in [0.1, 0.15) is 39.2 Å². The fourth-order valence-corrected chi connectivity index (χ4v) is 2.32. The van der Waals surface area contributed by atoms with E-state index in [1.54, 1.807) is 7.11 Å². The second-order valence-corrected chi connectivity index (χ2v) is 5.50. The van der Waals surface area contributed by atoms with Crippen molar-refractivity contribution in [2.75, 3.05) is 7.11 Å². The molecule has 0 amide bonds. The van der Waals surface area contributed by atoms with E-state index >= 15 is 0 Å². The van der Waals surface area contributed by atoms with Gasteiger partial charge in [0.15, 0.2) is 0 Å². The smallest absolute Gasteiger partial charge is 0.137 e. The number of hydrogen-bond acceptors (Lipinski definition) is 2. The molecule has 0 aliphatic carbocycles. The molecule has 0 saturated carbocycles. The lowest BCUT2D eigenvalue weighted by Gasteiger charge is -2.12. The number of hydrogen-bond donors (Lipinski definition) is 0. The lowest BCUT2D eigenvalue weighted by Crippen LogP contribution is -2.10. The van der Waals surface area contributed by atoms with E-state index in [-0.39, 0.29) is 0 Å². The van der Waals surface area contributed by atoms with E-state index in [9.17, 15) is 4.79 Å². The van der Waals surface area contributed by atoms with Gasteiger partial charge in [0.05, 0.1) is 7.11 Å². The average Bonchev–Trinajstić information content (AvgIpc) is 2.28. The third-order valence-corrected chi connectivity index (χ3v) is 3.01. The summed E-state index contributed by atoms with van der Waals surface area (Å²) in [5, 5.41) is 0. The Kier molecular flexibility index (Phi) is 5.90. The average molecular weight is 248 g/mol. The van der Waals surface area contributed by atoms with Crippen LogP contribution in [-0.2, 0) is 11.2 Å². The number of ether oxygens (including phenoxy) is 1. The van der Waals surface area contributed by atoms with E-state index in [0.29, 0.717) is 30.5 Å². The van der Waals surface area contributed by atoms with Crippen LogP contribution < -0.4 is 4.74 Å². The minimum absolute atomic E-state index is 0.327. The summed E-state index contributed by atoms with van der Waals surface area (Å²) < 4.78 is 5.10. The van der Waals surface area contributed by atoms with E-state index < -0.39 is 0 Å². The first-order valence-corrected chi connectivity index (χ1v) is 6.66. The normalized spacial score (nSPS) is 12.5. The molecule has 0 heterocycles. The zero-order valence-electron chi connectivity index (χ0n) is 11.9. The van der Waals surface area contributed by atoms with Crippen molar-refractivity contribution in [3.63, 3.8) is 0 Å². The van der Waals surface area contributed by atoms with Gasteiger partial charge in [0, 0.05) is 12.8 Å². The van der Waals surface area contributed by atoms with Crippen LogP contribution in [0.2, 0.25) is 0 Å². The quantitative estimate of drug-likeness (QED) is 0.732. The van der Waals surface area contributed by atoms with Gasteiger partial charge in [-0.25, -0.2) is 0 Å². The first-order chi connectivity index (χ1) is 8.51. The zero-order chi connectivity index (χ0) is 13.5. The van der Waals surface area contributed by atoms with E-state index in [0.717, 1.165) is 17.7 Å². The summed E-state index contributed by atoms with van der Waals surface area (Å²) in [4.78, 5) is 11.9. The van der Waals surface area contributed by atoms with Crippen LogP contribution in [0.5, 0.6) is 5.75 Å². The predicted octanol–water partition coefficient (Wildman–Crippen LogP) is 3.88. The fraction of sp³-hybridized carbons (Fsp3) is 0.562. The Bertz CT molecular complexity index is 365. The topological polar surface area (TPSA) is 26.3 Å². The maximum Gasteiger partial charge on any atom is 0.137 e. The number of carbonyl (C=O) groups is 1. The Morgan fingerprint density at radius 3 is 2.28 bits per heavy atom. The molecule has 0 aliphatic heterocycles. The summed E-state index contributed by atoms with van der Waals surface area (Å²) in [5.74, 6) is 2.30. The van der Waals surface area contributed by atoms with Crippen LogP contribution in [0.3, 0.4) is 0 Å². The van der Waals surface area contributed by atoms with Gasteiger partial charge < -0.3 is 4.74 Å². The molecular weight excluding hydrogens is 224 g/mol. The Morgan fingerprint density at radius 2 is 1.78 bits per heavy atom. The minimum Gasteiger partial charge on any atom is -0.497 e. The molecule has 0 fully saturated rings. The van der Waals surface area contributed by atoms with Crippen molar-refractivity contribution in [2.24, 2.45) is 11.8 Å². The van der Waals surface area contributed by atoms with Crippen LogP contribution >= 0.6 is 0 Å². The van der Waals surface area contributed by atoms with E-state index in [2.05, 4.69) is 20.8 Å². The number of methoxy groups -OCH3 is 1. The molecule has 1 unspecified atom stereocenters. The summed E-state index contributed by atoms with van der Waals surface area (Å²) >= 11 is 0. The first kappa shape index (κ1) is 14.7. The van der Waals surface area contributed by atoms with Gasteiger partial charge in [0.2, 0.25) is 0 Å². The highest BCUT2D eigenvalue weighted by molar-refractivity contribution is 5.81. The fourth-order valence-electron chi connectivity index (χ4n) is 2.32. The van der Waals surface area contributed by atoms with E-state index in [1.807, 2.05) is 24.3 Å². The maximum absolute atomic E-state index is 11.9. The number of rotatable bonds is 7. The van der Waals surface area contributed by atoms with E-state index in [4.69, 9.17) is 4.74 Å². The monoisotopic (exact) mass is 248 g/mol. The summed E-state index contributed by atoms with van der Waals surface area (Å²) in [6.45, 7) is 6.56. The molecule has 0 radical (unpaired) electrons. The van der Waals surface area contributed by atoms with Crippen molar-refractivity contribution >= 4 is 5.78 Å². The molecule has 1 atom stereocenters. The molecule has 0 aromatic heterocycles. The molecule has 0 aliphatic rings.